The summed E-state index contributed by atoms with van der Waals surface area (Å²) in [4.78, 5) is 2.55. The van der Waals surface area contributed by atoms with Crippen LogP contribution in [0.5, 0.6) is 0 Å². The van der Waals surface area contributed by atoms with Crippen molar-refractivity contribution in [3.8, 4) is 10.4 Å². The zero-order valence-corrected chi connectivity index (χ0v) is 10.6. The van der Waals surface area contributed by atoms with Crippen molar-refractivity contribution in [1.82, 2.24) is 0 Å². The summed E-state index contributed by atoms with van der Waals surface area (Å²) in [6, 6.07) is 13.0. The summed E-state index contributed by atoms with van der Waals surface area (Å²) < 4.78 is 0. The summed E-state index contributed by atoms with van der Waals surface area (Å²) in [7, 11) is 0. The Kier molecular flexibility index (Phi) is 3.42. The summed E-state index contributed by atoms with van der Waals surface area (Å²) in [6.07, 6.45) is 0. The van der Waals surface area contributed by atoms with Crippen molar-refractivity contribution < 1.29 is 0 Å². The van der Waals surface area contributed by atoms with E-state index in [0.717, 1.165) is 0 Å². The fourth-order valence-corrected chi connectivity index (χ4v) is 2.58. The van der Waals surface area contributed by atoms with E-state index in [-0.39, 0.29) is 0 Å². The molecule has 0 radical (unpaired) electrons. The van der Waals surface area contributed by atoms with Gasteiger partial charge in [-0.25, -0.2) is 0 Å². The third kappa shape index (κ3) is 2.34. The minimum atomic E-state index is 0.578. The van der Waals surface area contributed by atoms with E-state index < -0.39 is 0 Å². The van der Waals surface area contributed by atoms with Gasteiger partial charge in [-0.1, -0.05) is 38.1 Å². The first-order chi connectivity index (χ1) is 7.70. The molecule has 1 heterocycles. The quantitative estimate of drug-likeness (QED) is 0.849. The SMILES string of the molecule is CC(C)c1cccc(-c2ccc(CN)s2)c1. The summed E-state index contributed by atoms with van der Waals surface area (Å²) in [5.41, 5.74) is 8.32. The molecule has 2 rings (SSSR count). The average molecular weight is 231 g/mol. The predicted octanol–water partition coefficient (Wildman–Crippen LogP) is 4.00. The molecule has 0 aliphatic carbocycles. The lowest BCUT2D eigenvalue weighted by Crippen LogP contribution is -1.91. The Balaban J connectivity index is 2.36. The maximum Gasteiger partial charge on any atom is 0.0346 e. The van der Waals surface area contributed by atoms with Gasteiger partial charge in [0.25, 0.3) is 0 Å². The normalized spacial score (nSPS) is 11.0. The van der Waals surface area contributed by atoms with E-state index >= 15 is 0 Å². The lowest BCUT2D eigenvalue weighted by molar-refractivity contribution is 0.867. The maximum absolute atomic E-state index is 5.63. The molecule has 16 heavy (non-hydrogen) atoms. The van der Waals surface area contributed by atoms with Gasteiger partial charge < -0.3 is 5.73 Å². The van der Waals surface area contributed by atoms with Crippen LogP contribution < -0.4 is 5.73 Å². The average Bonchev–Trinajstić information content (AvgIpc) is 2.77. The Morgan fingerprint density at radius 2 is 2.00 bits per heavy atom. The first kappa shape index (κ1) is 11.4. The number of hydrogen-bond donors (Lipinski definition) is 1. The van der Waals surface area contributed by atoms with Crippen molar-refractivity contribution in [2.75, 3.05) is 0 Å². The van der Waals surface area contributed by atoms with Crippen LogP contribution >= 0.6 is 11.3 Å². The van der Waals surface area contributed by atoms with Crippen LogP contribution in [-0.4, -0.2) is 0 Å². The summed E-state index contributed by atoms with van der Waals surface area (Å²) in [5.74, 6) is 0.578. The van der Waals surface area contributed by atoms with Crippen molar-refractivity contribution in [3.05, 3.63) is 46.8 Å². The molecule has 0 bridgehead atoms. The minimum absolute atomic E-state index is 0.578. The van der Waals surface area contributed by atoms with Crippen molar-refractivity contribution in [1.29, 1.82) is 0 Å². The van der Waals surface area contributed by atoms with E-state index in [1.165, 1.54) is 20.9 Å². The van der Waals surface area contributed by atoms with E-state index in [1.54, 1.807) is 11.3 Å². The van der Waals surface area contributed by atoms with Crippen molar-refractivity contribution in [2.24, 2.45) is 5.73 Å². The molecule has 0 fully saturated rings. The Morgan fingerprint density at radius 1 is 1.19 bits per heavy atom. The molecule has 0 saturated heterocycles. The first-order valence-corrected chi connectivity index (χ1v) is 6.41. The second-order valence-electron chi connectivity index (χ2n) is 4.25. The molecular weight excluding hydrogens is 214 g/mol. The summed E-state index contributed by atoms with van der Waals surface area (Å²) in [5, 5.41) is 0. The van der Waals surface area contributed by atoms with Crippen molar-refractivity contribution in [3.63, 3.8) is 0 Å². The molecule has 84 valence electrons. The zero-order valence-electron chi connectivity index (χ0n) is 9.73. The van der Waals surface area contributed by atoms with Crippen LogP contribution in [0.2, 0.25) is 0 Å². The molecule has 0 amide bonds. The molecule has 2 aromatic rings. The van der Waals surface area contributed by atoms with Crippen LogP contribution in [0.15, 0.2) is 36.4 Å². The molecule has 0 spiro atoms. The number of rotatable bonds is 3. The molecule has 1 aromatic carbocycles. The van der Waals surface area contributed by atoms with Crippen LogP contribution in [0, 0.1) is 0 Å². The maximum atomic E-state index is 5.63. The van der Waals surface area contributed by atoms with E-state index in [4.69, 9.17) is 5.73 Å². The van der Waals surface area contributed by atoms with Crippen LogP contribution in [0.3, 0.4) is 0 Å². The third-order valence-corrected chi connectivity index (χ3v) is 3.86. The molecule has 2 heteroatoms. The Hall–Kier alpha value is -1.12. The molecule has 0 aliphatic heterocycles. The number of thiophene rings is 1. The van der Waals surface area contributed by atoms with E-state index in [9.17, 15) is 0 Å². The van der Waals surface area contributed by atoms with Gasteiger partial charge in [0, 0.05) is 16.3 Å². The van der Waals surface area contributed by atoms with Crippen molar-refractivity contribution >= 4 is 11.3 Å². The van der Waals surface area contributed by atoms with Gasteiger partial charge in [-0.05, 0) is 29.2 Å². The van der Waals surface area contributed by atoms with Gasteiger partial charge in [0.1, 0.15) is 0 Å². The van der Waals surface area contributed by atoms with Crippen LogP contribution in [0.1, 0.15) is 30.2 Å². The molecule has 0 atom stereocenters. The molecule has 0 aliphatic rings. The second-order valence-corrected chi connectivity index (χ2v) is 5.42. The monoisotopic (exact) mass is 231 g/mol. The number of hydrogen-bond acceptors (Lipinski definition) is 2. The lowest BCUT2D eigenvalue weighted by atomic mass is 10.0. The van der Waals surface area contributed by atoms with E-state index in [0.29, 0.717) is 12.5 Å². The highest BCUT2D eigenvalue weighted by Crippen LogP contribution is 2.29. The highest BCUT2D eigenvalue weighted by Gasteiger charge is 2.04. The molecule has 2 N–H and O–H groups in total. The fourth-order valence-electron chi connectivity index (χ4n) is 1.69. The fraction of sp³-hybridized carbons (Fsp3) is 0.286. The summed E-state index contributed by atoms with van der Waals surface area (Å²) >= 11 is 1.78. The Labute approximate surface area is 101 Å². The molecule has 0 saturated carbocycles. The van der Waals surface area contributed by atoms with Crippen molar-refractivity contribution in [2.45, 2.75) is 26.3 Å². The van der Waals surface area contributed by atoms with Crippen LogP contribution in [0.4, 0.5) is 0 Å². The van der Waals surface area contributed by atoms with Crippen LogP contribution in [-0.2, 0) is 6.54 Å². The molecule has 1 nitrogen and oxygen atoms in total. The van der Waals surface area contributed by atoms with Gasteiger partial charge in [-0.2, -0.15) is 0 Å². The van der Waals surface area contributed by atoms with Gasteiger partial charge in [0.15, 0.2) is 0 Å². The highest BCUT2D eigenvalue weighted by molar-refractivity contribution is 7.15. The minimum Gasteiger partial charge on any atom is -0.326 e. The van der Waals surface area contributed by atoms with Gasteiger partial charge in [0.05, 0.1) is 0 Å². The highest BCUT2D eigenvalue weighted by atomic mass is 32.1. The molecule has 0 unspecified atom stereocenters. The predicted molar refractivity (Wildman–Crippen MR) is 71.7 cm³/mol. The van der Waals surface area contributed by atoms with E-state index in [2.05, 4.69) is 50.2 Å². The van der Waals surface area contributed by atoms with E-state index in [1.807, 2.05) is 0 Å². The molecular formula is C14H17NS. The number of benzene rings is 1. The molecule has 1 aromatic heterocycles. The van der Waals surface area contributed by atoms with Gasteiger partial charge in [-0.3, -0.25) is 0 Å². The zero-order chi connectivity index (χ0) is 11.5. The van der Waals surface area contributed by atoms with Gasteiger partial charge in [0.2, 0.25) is 0 Å². The van der Waals surface area contributed by atoms with Gasteiger partial charge >= 0.3 is 0 Å². The smallest absolute Gasteiger partial charge is 0.0346 e. The lowest BCUT2D eigenvalue weighted by Gasteiger charge is -2.06. The third-order valence-electron chi connectivity index (χ3n) is 2.70. The summed E-state index contributed by atoms with van der Waals surface area (Å²) in [6.45, 7) is 5.08. The standard InChI is InChI=1S/C14H17NS/c1-10(2)11-4-3-5-12(8-11)14-7-6-13(9-15)16-14/h3-8,10H,9,15H2,1-2H3. The van der Waals surface area contributed by atoms with Gasteiger partial charge in [-0.15, -0.1) is 11.3 Å². The topological polar surface area (TPSA) is 26.0 Å². The largest absolute Gasteiger partial charge is 0.326 e. The number of nitrogens with two attached hydrogens (primary N) is 1. The Morgan fingerprint density at radius 3 is 2.62 bits per heavy atom. The second kappa shape index (κ2) is 4.81. The Bertz CT molecular complexity index is 471. The van der Waals surface area contributed by atoms with Crippen LogP contribution in [0.25, 0.3) is 10.4 Å². The first-order valence-electron chi connectivity index (χ1n) is 5.60.